The third-order valence-electron chi connectivity index (χ3n) is 3.10. The van der Waals surface area contributed by atoms with Crippen molar-refractivity contribution in [3.05, 3.63) is 59.7 Å². The average Bonchev–Trinajstić information content (AvgIpc) is 2.97. The third kappa shape index (κ3) is 2.93. The van der Waals surface area contributed by atoms with Crippen molar-refractivity contribution in [2.24, 2.45) is 0 Å². The average molecular weight is 296 g/mol. The number of hydrogen-bond acceptors (Lipinski definition) is 5. The van der Waals surface area contributed by atoms with Crippen LogP contribution in [0, 0.1) is 0 Å². The molecule has 7 heteroatoms. The maximum Gasteiger partial charge on any atom is 0.335 e. The summed E-state index contributed by atoms with van der Waals surface area (Å²) < 4.78 is 0. The molecule has 0 aliphatic carbocycles. The van der Waals surface area contributed by atoms with Gasteiger partial charge < -0.3 is 10.2 Å². The van der Waals surface area contributed by atoms with Crippen molar-refractivity contribution in [1.82, 2.24) is 20.2 Å². The Morgan fingerprint density at radius 2 is 1.73 bits per heavy atom. The molecular weight excluding hydrogens is 284 g/mol. The van der Waals surface area contributed by atoms with Crippen LogP contribution in [0.4, 0.5) is 0 Å². The number of aromatic hydroxyl groups is 1. The second-order valence-electron chi connectivity index (χ2n) is 4.69. The molecule has 3 rings (SSSR count). The van der Waals surface area contributed by atoms with Gasteiger partial charge in [0.1, 0.15) is 5.75 Å². The van der Waals surface area contributed by atoms with E-state index in [1.807, 2.05) is 0 Å². The van der Waals surface area contributed by atoms with Gasteiger partial charge in [0.2, 0.25) is 5.82 Å². The number of tetrazole rings is 1. The lowest BCUT2D eigenvalue weighted by Crippen LogP contribution is -2.04. The predicted molar refractivity (Wildman–Crippen MR) is 77.4 cm³/mol. The van der Waals surface area contributed by atoms with Gasteiger partial charge in [0.25, 0.3) is 0 Å². The van der Waals surface area contributed by atoms with Crippen molar-refractivity contribution in [2.75, 3.05) is 0 Å². The molecule has 1 aromatic heterocycles. The van der Waals surface area contributed by atoms with Crippen LogP contribution in [0.2, 0.25) is 0 Å². The minimum atomic E-state index is -0.958. The number of carbonyl (C=O) groups is 1. The highest BCUT2D eigenvalue weighted by molar-refractivity contribution is 5.87. The molecule has 2 aromatic carbocycles. The summed E-state index contributed by atoms with van der Waals surface area (Å²) in [4.78, 5) is 12.2. The molecule has 0 atom stereocenters. The molecule has 3 aromatic rings. The van der Waals surface area contributed by atoms with Gasteiger partial charge in [-0.3, -0.25) is 0 Å². The number of hydrogen-bond donors (Lipinski definition) is 2. The van der Waals surface area contributed by atoms with Crippen molar-refractivity contribution >= 4 is 5.97 Å². The van der Waals surface area contributed by atoms with Crippen LogP contribution in [-0.2, 0) is 6.54 Å². The van der Waals surface area contributed by atoms with Crippen molar-refractivity contribution in [3.63, 3.8) is 0 Å². The van der Waals surface area contributed by atoms with E-state index in [9.17, 15) is 9.90 Å². The maximum absolute atomic E-state index is 10.8. The Morgan fingerprint density at radius 3 is 2.36 bits per heavy atom. The molecule has 22 heavy (non-hydrogen) atoms. The molecule has 0 bridgehead atoms. The Hall–Kier alpha value is -3.22. The Balaban J connectivity index is 1.76. The Labute approximate surface area is 125 Å². The number of benzene rings is 2. The molecular formula is C15H12N4O3. The molecule has 0 saturated heterocycles. The summed E-state index contributed by atoms with van der Waals surface area (Å²) in [6, 6.07) is 13.0. The first-order chi connectivity index (χ1) is 10.6. The topological polar surface area (TPSA) is 101 Å². The van der Waals surface area contributed by atoms with Crippen LogP contribution in [0.1, 0.15) is 15.9 Å². The summed E-state index contributed by atoms with van der Waals surface area (Å²) in [7, 11) is 0. The highest BCUT2D eigenvalue weighted by Crippen LogP contribution is 2.17. The molecule has 0 aliphatic rings. The molecule has 0 aliphatic heterocycles. The molecule has 110 valence electrons. The SMILES string of the molecule is O=C(O)c1ccc(Cn2nnc(-c3ccc(O)cc3)n2)cc1. The lowest BCUT2D eigenvalue weighted by atomic mass is 10.1. The number of carboxylic acids is 1. The standard InChI is InChI=1S/C15H12N4O3/c20-13-7-5-11(6-8-13)14-16-18-19(17-14)9-10-1-3-12(4-2-10)15(21)22/h1-8,20H,9H2,(H,21,22). The first-order valence-corrected chi connectivity index (χ1v) is 6.51. The van der Waals surface area contributed by atoms with E-state index in [1.54, 1.807) is 36.4 Å². The van der Waals surface area contributed by atoms with Gasteiger partial charge in [-0.15, -0.1) is 10.2 Å². The van der Waals surface area contributed by atoms with Gasteiger partial charge in [-0.25, -0.2) is 4.79 Å². The number of aromatic carboxylic acids is 1. The molecule has 0 radical (unpaired) electrons. The highest BCUT2D eigenvalue weighted by Gasteiger charge is 2.07. The number of phenolic OH excluding ortho intramolecular Hbond substituents is 1. The number of nitrogens with zero attached hydrogens (tertiary/aromatic N) is 4. The lowest BCUT2D eigenvalue weighted by Gasteiger charge is -2.00. The molecule has 0 amide bonds. The normalized spacial score (nSPS) is 10.5. The van der Waals surface area contributed by atoms with Crippen LogP contribution in [0.3, 0.4) is 0 Å². The monoisotopic (exact) mass is 296 g/mol. The summed E-state index contributed by atoms with van der Waals surface area (Å²) in [5.74, 6) is -0.322. The van der Waals surface area contributed by atoms with Gasteiger partial charge in [0.05, 0.1) is 12.1 Å². The molecule has 0 saturated carbocycles. The summed E-state index contributed by atoms with van der Waals surface area (Å²) in [6.07, 6.45) is 0. The third-order valence-corrected chi connectivity index (χ3v) is 3.10. The van der Waals surface area contributed by atoms with Crippen LogP contribution in [0.5, 0.6) is 5.75 Å². The smallest absolute Gasteiger partial charge is 0.335 e. The fraction of sp³-hybridized carbons (Fsp3) is 0.0667. The van der Waals surface area contributed by atoms with Crippen LogP contribution >= 0.6 is 0 Å². The van der Waals surface area contributed by atoms with E-state index in [2.05, 4.69) is 15.4 Å². The van der Waals surface area contributed by atoms with Gasteiger partial charge in [-0.1, -0.05) is 12.1 Å². The van der Waals surface area contributed by atoms with Crippen molar-refractivity contribution in [1.29, 1.82) is 0 Å². The Kier molecular flexibility index (Phi) is 3.53. The second kappa shape index (κ2) is 5.65. The summed E-state index contributed by atoms with van der Waals surface area (Å²) >= 11 is 0. The molecule has 7 nitrogen and oxygen atoms in total. The fourth-order valence-electron chi connectivity index (χ4n) is 1.95. The predicted octanol–water partition coefficient (Wildman–Crippen LogP) is 1.79. The van der Waals surface area contributed by atoms with Gasteiger partial charge in [-0.2, -0.15) is 4.80 Å². The van der Waals surface area contributed by atoms with E-state index in [1.165, 1.54) is 16.9 Å². The van der Waals surface area contributed by atoms with Crippen LogP contribution in [-0.4, -0.2) is 36.4 Å². The van der Waals surface area contributed by atoms with Gasteiger partial charge >= 0.3 is 5.97 Å². The lowest BCUT2D eigenvalue weighted by molar-refractivity contribution is 0.0697. The zero-order valence-corrected chi connectivity index (χ0v) is 11.4. The van der Waals surface area contributed by atoms with E-state index in [-0.39, 0.29) is 11.3 Å². The zero-order valence-electron chi connectivity index (χ0n) is 11.4. The highest BCUT2D eigenvalue weighted by atomic mass is 16.4. The number of carboxylic acid groups (broad SMARTS) is 1. The molecule has 0 spiro atoms. The van der Waals surface area contributed by atoms with Crippen LogP contribution in [0.15, 0.2) is 48.5 Å². The Bertz CT molecular complexity index is 794. The van der Waals surface area contributed by atoms with Crippen molar-refractivity contribution in [2.45, 2.75) is 6.54 Å². The zero-order chi connectivity index (χ0) is 15.5. The van der Waals surface area contributed by atoms with E-state index in [4.69, 9.17) is 5.11 Å². The number of phenols is 1. The first kappa shape index (κ1) is 13.7. The van der Waals surface area contributed by atoms with E-state index < -0.39 is 5.97 Å². The van der Waals surface area contributed by atoms with E-state index in [0.717, 1.165) is 11.1 Å². The van der Waals surface area contributed by atoms with Crippen molar-refractivity contribution < 1.29 is 15.0 Å². The number of aromatic nitrogens is 4. The summed E-state index contributed by atoms with van der Waals surface area (Å²) in [5, 5.41) is 30.3. The van der Waals surface area contributed by atoms with Crippen LogP contribution in [0.25, 0.3) is 11.4 Å². The fourth-order valence-corrected chi connectivity index (χ4v) is 1.95. The summed E-state index contributed by atoms with van der Waals surface area (Å²) in [6.45, 7) is 0.394. The Morgan fingerprint density at radius 1 is 1.05 bits per heavy atom. The second-order valence-corrected chi connectivity index (χ2v) is 4.69. The van der Waals surface area contributed by atoms with Crippen LogP contribution < -0.4 is 0 Å². The first-order valence-electron chi connectivity index (χ1n) is 6.51. The molecule has 2 N–H and O–H groups in total. The van der Waals surface area contributed by atoms with E-state index >= 15 is 0 Å². The van der Waals surface area contributed by atoms with Crippen molar-refractivity contribution in [3.8, 4) is 17.1 Å². The molecule has 0 unspecified atom stereocenters. The molecule has 0 fully saturated rings. The minimum absolute atomic E-state index is 0.176. The van der Waals surface area contributed by atoms with E-state index in [0.29, 0.717) is 12.4 Å². The largest absolute Gasteiger partial charge is 0.508 e. The summed E-state index contributed by atoms with van der Waals surface area (Å²) in [5.41, 5.74) is 1.87. The van der Waals surface area contributed by atoms with Gasteiger partial charge in [0, 0.05) is 5.56 Å². The minimum Gasteiger partial charge on any atom is -0.508 e. The van der Waals surface area contributed by atoms with Gasteiger partial charge in [0.15, 0.2) is 0 Å². The molecule has 1 heterocycles. The number of rotatable bonds is 4. The quantitative estimate of drug-likeness (QED) is 0.761. The maximum atomic E-state index is 10.8. The van der Waals surface area contributed by atoms with Gasteiger partial charge in [-0.05, 0) is 47.2 Å².